The predicted octanol–water partition coefficient (Wildman–Crippen LogP) is 3.54. The van der Waals surface area contributed by atoms with Crippen molar-refractivity contribution in [1.29, 1.82) is 0 Å². The first-order valence-electron chi connectivity index (χ1n) is 7.71. The molecule has 4 nitrogen and oxygen atoms in total. The Kier molecular flexibility index (Phi) is 3.95. The van der Waals surface area contributed by atoms with Crippen molar-refractivity contribution in [3.8, 4) is 5.88 Å². The van der Waals surface area contributed by atoms with Crippen LogP contribution in [0.4, 0.5) is 0 Å². The normalized spacial score (nSPS) is 22.2. The molecule has 0 bridgehead atoms. The highest BCUT2D eigenvalue weighted by Crippen LogP contribution is 2.33. The molecule has 0 radical (unpaired) electrons. The van der Waals surface area contributed by atoms with Crippen molar-refractivity contribution < 1.29 is 4.74 Å². The van der Waals surface area contributed by atoms with E-state index in [0.717, 1.165) is 37.3 Å². The minimum atomic E-state index is 0.290. The number of hydrogen-bond acceptors (Lipinski definition) is 3. The Bertz CT molecular complexity index is 592. The molecule has 21 heavy (non-hydrogen) atoms. The topological polar surface area (TPSA) is 39.9 Å². The minimum absolute atomic E-state index is 0.290. The second kappa shape index (κ2) is 5.88. The fourth-order valence-corrected chi connectivity index (χ4v) is 3.16. The molecular formula is C17H23N3O. The number of pyridine rings is 1. The molecule has 0 spiro atoms. The summed E-state index contributed by atoms with van der Waals surface area (Å²) in [4.78, 5) is 4.47. The molecule has 2 heterocycles. The van der Waals surface area contributed by atoms with E-state index in [1.807, 2.05) is 30.9 Å². The molecule has 1 fully saturated rings. The Morgan fingerprint density at radius 1 is 1.14 bits per heavy atom. The van der Waals surface area contributed by atoms with Gasteiger partial charge in [-0.05, 0) is 57.2 Å². The number of ether oxygens (including phenoxy) is 1. The fraction of sp³-hybridized carbons (Fsp3) is 0.529. The van der Waals surface area contributed by atoms with Gasteiger partial charge in [-0.2, -0.15) is 5.10 Å². The third-order valence-electron chi connectivity index (χ3n) is 4.19. The second-order valence-electron chi connectivity index (χ2n) is 6.13. The fourth-order valence-electron chi connectivity index (χ4n) is 3.16. The summed E-state index contributed by atoms with van der Waals surface area (Å²) in [6, 6.07) is 6.24. The molecule has 0 aliphatic heterocycles. The van der Waals surface area contributed by atoms with E-state index in [1.165, 1.54) is 11.3 Å². The van der Waals surface area contributed by atoms with Crippen molar-refractivity contribution in [3.63, 3.8) is 0 Å². The van der Waals surface area contributed by atoms with Crippen LogP contribution >= 0.6 is 0 Å². The van der Waals surface area contributed by atoms with Gasteiger partial charge < -0.3 is 4.74 Å². The van der Waals surface area contributed by atoms with E-state index in [2.05, 4.69) is 29.1 Å². The number of aryl methyl sites for hydroxylation is 3. The third-order valence-corrected chi connectivity index (χ3v) is 4.19. The van der Waals surface area contributed by atoms with Crippen LogP contribution in [0.25, 0.3) is 0 Å². The van der Waals surface area contributed by atoms with Gasteiger partial charge in [0.15, 0.2) is 0 Å². The molecule has 3 rings (SSSR count). The van der Waals surface area contributed by atoms with Gasteiger partial charge in [-0.1, -0.05) is 0 Å². The maximum absolute atomic E-state index is 6.07. The average molecular weight is 285 g/mol. The van der Waals surface area contributed by atoms with E-state index in [1.54, 1.807) is 0 Å². The van der Waals surface area contributed by atoms with Crippen LogP contribution in [0, 0.1) is 13.8 Å². The van der Waals surface area contributed by atoms with E-state index < -0.39 is 0 Å². The van der Waals surface area contributed by atoms with Crippen LogP contribution in [-0.2, 0) is 7.05 Å². The van der Waals surface area contributed by atoms with Crippen molar-refractivity contribution in [2.75, 3.05) is 0 Å². The molecule has 1 saturated carbocycles. The summed E-state index contributed by atoms with van der Waals surface area (Å²) in [5.74, 6) is 1.35. The van der Waals surface area contributed by atoms with Crippen LogP contribution in [0.15, 0.2) is 24.4 Å². The van der Waals surface area contributed by atoms with Crippen LogP contribution in [0.2, 0.25) is 0 Å². The lowest BCUT2D eigenvalue weighted by molar-refractivity contribution is 0.139. The number of nitrogens with zero attached hydrogens (tertiary/aromatic N) is 3. The molecule has 1 aliphatic rings. The highest BCUT2D eigenvalue weighted by molar-refractivity contribution is 5.23. The van der Waals surface area contributed by atoms with Gasteiger partial charge >= 0.3 is 0 Å². The third kappa shape index (κ3) is 3.43. The van der Waals surface area contributed by atoms with Crippen LogP contribution in [0.5, 0.6) is 5.88 Å². The Morgan fingerprint density at radius 2 is 1.90 bits per heavy atom. The lowest BCUT2D eigenvalue weighted by Crippen LogP contribution is -2.24. The first-order chi connectivity index (χ1) is 10.1. The molecule has 0 atom stereocenters. The van der Waals surface area contributed by atoms with Crippen LogP contribution in [-0.4, -0.2) is 20.9 Å². The van der Waals surface area contributed by atoms with E-state index in [4.69, 9.17) is 4.74 Å². The maximum atomic E-state index is 6.07. The minimum Gasteiger partial charge on any atom is -0.474 e. The zero-order chi connectivity index (χ0) is 14.8. The summed E-state index contributed by atoms with van der Waals surface area (Å²) in [6.07, 6.45) is 6.76. The highest BCUT2D eigenvalue weighted by Gasteiger charge is 2.25. The van der Waals surface area contributed by atoms with E-state index in [0.29, 0.717) is 12.0 Å². The highest BCUT2D eigenvalue weighted by atomic mass is 16.5. The maximum Gasteiger partial charge on any atom is 0.213 e. The van der Waals surface area contributed by atoms with Gasteiger partial charge in [0.25, 0.3) is 0 Å². The summed E-state index contributed by atoms with van der Waals surface area (Å²) in [6.45, 7) is 4.09. The zero-order valence-electron chi connectivity index (χ0n) is 13.0. The standard InChI is InChI=1S/C17H23N3O/c1-12-10-13(2)18-17(11-12)21-15-6-4-14(5-7-15)16-8-9-20(3)19-16/h8-11,14-15H,4-7H2,1-3H3. The van der Waals surface area contributed by atoms with Crippen LogP contribution < -0.4 is 4.74 Å². The first kappa shape index (κ1) is 14.1. The molecular weight excluding hydrogens is 262 g/mol. The summed E-state index contributed by atoms with van der Waals surface area (Å²) < 4.78 is 7.96. The molecule has 2 aromatic heterocycles. The largest absolute Gasteiger partial charge is 0.474 e. The van der Waals surface area contributed by atoms with Crippen molar-refractivity contribution in [2.45, 2.75) is 51.6 Å². The zero-order valence-corrected chi connectivity index (χ0v) is 13.0. The smallest absolute Gasteiger partial charge is 0.213 e. The van der Waals surface area contributed by atoms with Crippen molar-refractivity contribution in [2.24, 2.45) is 7.05 Å². The summed E-state index contributed by atoms with van der Waals surface area (Å²) in [5.41, 5.74) is 3.45. The van der Waals surface area contributed by atoms with Gasteiger partial charge in [-0.3, -0.25) is 4.68 Å². The molecule has 4 heteroatoms. The Morgan fingerprint density at radius 3 is 2.52 bits per heavy atom. The van der Waals surface area contributed by atoms with Crippen LogP contribution in [0.1, 0.15) is 48.6 Å². The van der Waals surface area contributed by atoms with E-state index >= 15 is 0 Å². The summed E-state index contributed by atoms with van der Waals surface area (Å²) in [5, 5.41) is 4.53. The van der Waals surface area contributed by atoms with Gasteiger partial charge in [-0.15, -0.1) is 0 Å². The number of rotatable bonds is 3. The quantitative estimate of drug-likeness (QED) is 0.866. The van der Waals surface area contributed by atoms with Crippen molar-refractivity contribution in [3.05, 3.63) is 41.3 Å². The Labute approximate surface area is 126 Å². The van der Waals surface area contributed by atoms with Gasteiger partial charge in [0, 0.05) is 30.9 Å². The van der Waals surface area contributed by atoms with Gasteiger partial charge in [-0.25, -0.2) is 4.98 Å². The Balaban J connectivity index is 1.58. The SMILES string of the molecule is Cc1cc(C)nc(OC2CCC(c3ccn(C)n3)CC2)c1. The predicted molar refractivity (Wildman–Crippen MR) is 82.5 cm³/mol. The second-order valence-corrected chi connectivity index (χ2v) is 6.13. The van der Waals surface area contributed by atoms with E-state index in [9.17, 15) is 0 Å². The average Bonchev–Trinajstić information content (AvgIpc) is 2.85. The lowest BCUT2D eigenvalue weighted by atomic mass is 9.85. The summed E-state index contributed by atoms with van der Waals surface area (Å²) in [7, 11) is 1.98. The van der Waals surface area contributed by atoms with Gasteiger partial charge in [0.05, 0.1) is 5.69 Å². The molecule has 1 aliphatic carbocycles. The molecule has 0 amide bonds. The molecule has 0 saturated heterocycles. The molecule has 0 N–H and O–H groups in total. The Hall–Kier alpha value is -1.84. The number of hydrogen-bond donors (Lipinski definition) is 0. The molecule has 0 unspecified atom stereocenters. The molecule has 112 valence electrons. The lowest BCUT2D eigenvalue weighted by Gasteiger charge is -2.27. The summed E-state index contributed by atoms with van der Waals surface area (Å²) >= 11 is 0. The van der Waals surface area contributed by atoms with Crippen molar-refractivity contribution >= 4 is 0 Å². The molecule has 0 aromatic carbocycles. The number of aromatic nitrogens is 3. The first-order valence-corrected chi connectivity index (χ1v) is 7.71. The van der Waals surface area contributed by atoms with Gasteiger partial charge in [0.2, 0.25) is 5.88 Å². The molecule has 2 aromatic rings. The van der Waals surface area contributed by atoms with Crippen LogP contribution in [0.3, 0.4) is 0 Å². The van der Waals surface area contributed by atoms with E-state index in [-0.39, 0.29) is 0 Å². The van der Waals surface area contributed by atoms with Crippen molar-refractivity contribution in [1.82, 2.24) is 14.8 Å². The van der Waals surface area contributed by atoms with Gasteiger partial charge in [0.1, 0.15) is 6.10 Å². The monoisotopic (exact) mass is 285 g/mol.